The van der Waals surface area contributed by atoms with E-state index in [1.165, 1.54) is 4.88 Å². The molecule has 1 fully saturated rings. The van der Waals surface area contributed by atoms with E-state index in [0.717, 1.165) is 12.8 Å². The summed E-state index contributed by atoms with van der Waals surface area (Å²) < 4.78 is 5.28. The Labute approximate surface area is 118 Å². The Morgan fingerprint density at radius 2 is 2.32 bits per heavy atom. The van der Waals surface area contributed by atoms with Crippen molar-refractivity contribution in [1.29, 1.82) is 0 Å². The molecule has 19 heavy (non-hydrogen) atoms. The monoisotopic (exact) mass is 282 g/mol. The van der Waals surface area contributed by atoms with Crippen LogP contribution in [0.4, 0.5) is 0 Å². The second-order valence-corrected chi connectivity index (χ2v) is 6.08. The summed E-state index contributed by atoms with van der Waals surface area (Å²) in [5.41, 5.74) is 5.45. The summed E-state index contributed by atoms with van der Waals surface area (Å²) in [7, 11) is 0. The van der Waals surface area contributed by atoms with Crippen molar-refractivity contribution < 1.29 is 9.53 Å². The van der Waals surface area contributed by atoms with Gasteiger partial charge in [-0.2, -0.15) is 0 Å². The predicted octanol–water partition coefficient (Wildman–Crippen LogP) is 2.21. The maximum Gasteiger partial charge on any atom is 0.240 e. The molecule has 0 spiro atoms. The normalized spacial score (nSPS) is 19.9. The Morgan fingerprint density at radius 3 is 2.89 bits per heavy atom. The Bertz CT molecular complexity index is 400. The van der Waals surface area contributed by atoms with Gasteiger partial charge in [-0.15, -0.1) is 11.3 Å². The maximum atomic E-state index is 12.4. The Hall–Kier alpha value is -0.910. The molecule has 4 nitrogen and oxygen atoms in total. The number of hydrogen-bond donors (Lipinski definition) is 2. The molecule has 1 aromatic rings. The van der Waals surface area contributed by atoms with Crippen molar-refractivity contribution in [2.45, 2.75) is 44.2 Å². The first-order valence-electron chi connectivity index (χ1n) is 6.87. The van der Waals surface area contributed by atoms with Crippen molar-refractivity contribution in [2.24, 2.45) is 5.73 Å². The second kappa shape index (κ2) is 6.50. The van der Waals surface area contributed by atoms with Crippen LogP contribution in [0.1, 0.15) is 43.5 Å². The summed E-state index contributed by atoms with van der Waals surface area (Å²) in [4.78, 5) is 13.6. The summed E-state index contributed by atoms with van der Waals surface area (Å²) in [5.74, 6) is -0.0392. The highest BCUT2D eigenvalue weighted by Gasteiger charge is 2.36. The summed E-state index contributed by atoms with van der Waals surface area (Å²) in [6.07, 6.45) is 3.17. The minimum atomic E-state index is -0.762. The second-order valence-electron chi connectivity index (χ2n) is 5.10. The van der Waals surface area contributed by atoms with Crippen LogP contribution in [-0.4, -0.2) is 24.7 Å². The number of nitrogens with two attached hydrogens (primary N) is 1. The minimum Gasteiger partial charge on any atom is -0.381 e. The highest BCUT2D eigenvalue weighted by Crippen LogP contribution is 2.25. The molecule has 1 aliphatic rings. The number of nitrogens with one attached hydrogen (secondary N) is 1. The molecule has 0 saturated carbocycles. The Morgan fingerprint density at radius 1 is 1.58 bits per heavy atom. The third-order valence-electron chi connectivity index (χ3n) is 3.61. The number of amides is 1. The molecule has 106 valence electrons. The van der Waals surface area contributed by atoms with Gasteiger partial charge < -0.3 is 15.8 Å². The van der Waals surface area contributed by atoms with Gasteiger partial charge in [0.05, 0.1) is 11.6 Å². The number of ether oxygens (including phenoxy) is 1. The number of rotatable bonds is 5. The predicted molar refractivity (Wildman–Crippen MR) is 77.1 cm³/mol. The quantitative estimate of drug-likeness (QED) is 0.870. The van der Waals surface area contributed by atoms with E-state index in [1.54, 1.807) is 11.3 Å². The molecule has 1 saturated heterocycles. The van der Waals surface area contributed by atoms with E-state index >= 15 is 0 Å². The van der Waals surface area contributed by atoms with Gasteiger partial charge in [-0.1, -0.05) is 19.4 Å². The molecule has 5 heteroatoms. The van der Waals surface area contributed by atoms with Crippen molar-refractivity contribution in [2.75, 3.05) is 13.2 Å². The largest absolute Gasteiger partial charge is 0.381 e. The average Bonchev–Trinajstić information content (AvgIpc) is 2.93. The highest BCUT2D eigenvalue weighted by atomic mass is 32.1. The molecular formula is C14H22N2O2S. The standard InChI is InChI=1S/C14H22N2O2S/c1-2-4-11(12-5-3-10-19-12)16-13(17)14(15)6-8-18-9-7-14/h3,5,10-11H,2,4,6-9,15H2,1H3,(H,16,17). The first-order valence-corrected chi connectivity index (χ1v) is 7.74. The first-order chi connectivity index (χ1) is 9.15. The van der Waals surface area contributed by atoms with Crippen molar-refractivity contribution >= 4 is 17.2 Å². The summed E-state index contributed by atoms with van der Waals surface area (Å²) in [6.45, 7) is 3.27. The number of carbonyl (C=O) groups excluding carboxylic acids is 1. The maximum absolute atomic E-state index is 12.4. The number of carbonyl (C=O) groups is 1. The zero-order valence-electron chi connectivity index (χ0n) is 11.4. The summed E-state index contributed by atoms with van der Waals surface area (Å²) >= 11 is 1.68. The average molecular weight is 282 g/mol. The van der Waals surface area contributed by atoms with E-state index in [9.17, 15) is 4.79 Å². The van der Waals surface area contributed by atoms with Gasteiger partial charge in [-0.05, 0) is 30.7 Å². The smallest absolute Gasteiger partial charge is 0.240 e. The number of thiophene rings is 1. The van der Waals surface area contributed by atoms with Crippen LogP contribution in [0.15, 0.2) is 17.5 Å². The van der Waals surface area contributed by atoms with E-state index in [1.807, 2.05) is 11.4 Å². The fourth-order valence-electron chi connectivity index (χ4n) is 2.33. The molecule has 3 N–H and O–H groups in total. The van der Waals surface area contributed by atoms with Crippen LogP contribution in [-0.2, 0) is 9.53 Å². The fourth-order valence-corrected chi connectivity index (χ4v) is 3.14. The molecule has 1 aliphatic heterocycles. The summed E-state index contributed by atoms with van der Waals surface area (Å²) in [6, 6.07) is 4.17. The SMILES string of the molecule is CCCC(NC(=O)C1(N)CCOCC1)c1cccs1. The van der Waals surface area contributed by atoms with E-state index in [0.29, 0.717) is 26.1 Å². The van der Waals surface area contributed by atoms with E-state index in [-0.39, 0.29) is 11.9 Å². The zero-order chi connectivity index (χ0) is 13.7. The molecule has 1 amide bonds. The van der Waals surface area contributed by atoms with Crippen LogP contribution in [0.3, 0.4) is 0 Å². The van der Waals surface area contributed by atoms with Crippen molar-refractivity contribution in [3.05, 3.63) is 22.4 Å². The van der Waals surface area contributed by atoms with Crippen molar-refractivity contribution in [1.82, 2.24) is 5.32 Å². The topological polar surface area (TPSA) is 64.4 Å². The van der Waals surface area contributed by atoms with Crippen LogP contribution in [0.2, 0.25) is 0 Å². The first kappa shape index (κ1) is 14.5. The fraction of sp³-hybridized carbons (Fsp3) is 0.643. The van der Waals surface area contributed by atoms with E-state index in [2.05, 4.69) is 18.3 Å². The molecule has 1 aromatic heterocycles. The van der Waals surface area contributed by atoms with E-state index in [4.69, 9.17) is 10.5 Å². The van der Waals surface area contributed by atoms with Crippen LogP contribution >= 0.6 is 11.3 Å². The minimum absolute atomic E-state index is 0.0392. The van der Waals surface area contributed by atoms with Crippen molar-refractivity contribution in [3.63, 3.8) is 0 Å². The van der Waals surface area contributed by atoms with Gasteiger partial charge in [-0.25, -0.2) is 0 Å². The lowest BCUT2D eigenvalue weighted by Gasteiger charge is -2.33. The third kappa shape index (κ3) is 3.55. The van der Waals surface area contributed by atoms with Gasteiger partial charge in [0.15, 0.2) is 0 Å². The lowest BCUT2D eigenvalue weighted by Crippen LogP contribution is -2.57. The molecule has 0 aliphatic carbocycles. The van der Waals surface area contributed by atoms with Crippen LogP contribution in [0, 0.1) is 0 Å². The molecule has 2 heterocycles. The van der Waals surface area contributed by atoms with Crippen LogP contribution in [0.25, 0.3) is 0 Å². The van der Waals surface area contributed by atoms with Gasteiger partial charge >= 0.3 is 0 Å². The van der Waals surface area contributed by atoms with E-state index < -0.39 is 5.54 Å². The molecule has 0 aromatic carbocycles. The zero-order valence-corrected chi connectivity index (χ0v) is 12.2. The van der Waals surface area contributed by atoms with Gasteiger partial charge in [-0.3, -0.25) is 4.79 Å². The molecule has 2 rings (SSSR count). The lowest BCUT2D eigenvalue weighted by atomic mass is 9.90. The van der Waals surface area contributed by atoms with Gasteiger partial charge in [0.1, 0.15) is 0 Å². The summed E-state index contributed by atoms with van der Waals surface area (Å²) in [5, 5.41) is 5.16. The van der Waals surface area contributed by atoms with Gasteiger partial charge in [0.2, 0.25) is 5.91 Å². The van der Waals surface area contributed by atoms with Crippen molar-refractivity contribution in [3.8, 4) is 0 Å². The highest BCUT2D eigenvalue weighted by molar-refractivity contribution is 7.10. The Balaban J connectivity index is 2.02. The molecule has 0 bridgehead atoms. The molecule has 1 atom stereocenters. The lowest BCUT2D eigenvalue weighted by molar-refractivity contribution is -0.130. The van der Waals surface area contributed by atoms with Gasteiger partial charge in [0.25, 0.3) is 0 Å². The third-order valence-corrected chi connectivity index (χ3v) is 4.59. The Kier molecular flexibility index (Phi) is 4.96. The van der Waals surface area contributed by atoms with Crippen LogP contribution < -0.4 is 11.1 Å². The van der Waals surface area contributed by atoms with Crippen LogP contribution in [0.5, 0.6) is 0 Å². The molecule has 0 radical (unpaired) electrons. The molecule has 1 unspecified atom stereocenters. The number of hydrogen-bond acceptors (Lipinski definition) is 4. The van der Waals surface area contributed by atoms with Gasteiger partial charge in [0, 0.05) is 18.1 Å². The molecular weight excluding hydrogens is 260 g/mol.